The molecule has 2 aromatic heterocycles. The van der Waals surface area contributed by atoms with E-state index in [2.05, 4.69) is 32.7 Å². The van der Waals surface area contributed by atoms with Crippen LogP contribution in [0.25, 0.3) is 10.9 Å². The zero-order valence-electron chi connectivity index (χ0n) is 11.4. The molecule has 4 rings (SSSR count). The van der Waals surface area contributed by atoms with Crippen LogP contribution < -0.4 is 5.32 Å². The third kappa shape index (κ3) is 1.70. The Morgan fingerprint density at radius 3 is 3.25 bits per heavy atom. The molecule has 0 radical (unpaired) electrons. The van der Waals surface area contributed by atoms with Crippen LogP contribution in [0.2, 0.25) is 0 Å². The summed E-state index contributed by atoms with van der Waals surface area (Å²) in [6.07, 6.45) is 7.35. The van der Waals surface area contributed by atoms with Crippen LogP contribution in [0.1, 0.15) is 30.1 Å². The number of nitrogens with one attached hydrogen (secondary N) is 2. The number of aromatic nitrogens is 4. The fourth-order valence-electron chi connectivity index (χ4n) is 3.14. The van der Waals surface area contributed by atoms with E-state index in [4.69, 9.17) is 0 Å². The lowest BCUT2D eigenvalue weighted by Crippen LogP contribution is -2.17. The number of H-pyrrole nitrogens is 1. The lowest BCUT2D eigenvalue weighted by Gasteiger charge is -2.25. The minimum absolute atomic E-state index is 0.341. The van der Waals surface area contributed by atoms with Gasteiger partial charge in [0.1, 0.15) is 0 Å². The van der Waals surface area contributed by atoms with Gasteiger partial charge in [-0.25, -0.2) is 0 Å². The van der Waals surface area contributed by atoms with Crippen molar-refractivity contribution in [1.82, 2.24) is 20.0 Å². The second-order valence-corrected chi connectivity index (χ2v) is 5.40. The highest BCUT2D eigenvalue weighted by atomic mass is 15.3. The minimum atomic E-state index is 0.341. The molecule has 1 aliphatic rings. The van der Waals surface area contributed by atoms with Crippen LogP contribution in [-0.4, -0.2) is 20.0 Å². The summed E-state index contributed by atoms with van der Waals surface area (Å²) in [7, 11) is 2.03. The molecule has 5 heteroatoms. The highest BCUT2D eigenvalue weighted by Crippen LogP contribution is 2.33. The van der Waals surface area contributed by atoms with Gasteiger partial charge >= 0.3 is 0 Å². The van der Waals surface area contributed by atoms with Crippen molar-refractivity contribution in [3.8, 4) is 0 Å². The van der Waals surface area contributed by atoms with Crippen LogP contribution in [0.15, 0.2) is 30.6 Å². The van der Waals surface area contributed by atoms with Crippen LogP contribution >= 0.6 is 0 Å². The molecule has 0 saturated carbocycles. The molecule has 0 amide bonds. The summed E-state index contributed by atoms with van der Waals surface area (Å²) in [5, 5.41) is 16.3. The molecule has 1 aromatic carbocycles. The molecule has 1 aliphatic carbocycles. The SMILES string of the molecule is Cn1ncc2c1CCCC2Nc1cccc2[nH]ncc12. The van der Waals surface area contributed by atoms with E-state index in [0.717, 1.165) is 29.4 Å². The molecule has 0 aliphatic heterocycles. The topological polar surface area (TPSA) is 58.5 Å². The number of aromatic amines is 1. The fourth-order valence-corrected chi connectivity index (χ4v) is 3.14. The van der Waals surface area contributed by atoms with Gasteiger partial charge in [-0.1, -0.05) is 6.07 Å². The molecule has 20 heavy (non-hydrogen) atoms. The third-order valence-electron chi connectivity index (χ3n) is 4.19. The van der Waals surface area contributed by atoms with Gasteiger partial charge < -0.3 is 5.32 Å². The minimum Gasteiger partial charge on any atom is -0.378 e. The normalized spacial score (nSPS) is 18.1. The average molecular weight is 267 g/mol. The molecule has 1 unspecified atom stereocenters. The van der Waals surface area contributed by atoms with Gasteiger partial charge in [0.2, 0.25) is 0 Å². The van der Waals surface area contributed by atoms with Crippen molar-refractivity contribution in [2.75, 3.05) is 5.32 Å². The van der Waals surface area contributed by atoms with Crippen molar-refractivity contribution in [1.29, 1.82) is 0 Å². The van der Waals surface area contributed by atoms with E-state index >= 15 is 0 Å². The Labute approximate surface area is 117 Å². The predicted octanol–water partition coefficient (Wildman–Crippen LogP) is 2.79. The van der Waals surface area contributed by atoms with Gasteiger partial charge in [0, 0.05) is 29.4 Å². The van der Waals surface area contributed by atoms with E-state index in [0.29, 0.717) is 6.04 Å². The summed E-state index contributed by atoms with van der Waals surface area (Å²) in [5.74, 6) is 0. The second kappa shape index (κ2) is 4.37. The highest BCUT2D eigenvalue weighted by Gasteiger charge is 2.23. The molecule has 5 nitrogen and oxygen atoms in total. The third-order valence-corrected chi connectivity index (χ3v) is 4.19. The maximum atomic E-state index is 4.40. The maximum absolute atomic E-state index is 4.40. The quantitative estimate of drug-likeness (QED) is 0.750. The van der Waals surface area contributed by atoms with Crippen molar-refractivity contribution < 1.29 is 0 Å². The van der Waals surface area contributed by atoms with Crippen LogP contribution in [0.4, 0.5) is 5.69 Å². The molecule has 0 spiro atoms. The number of fused-ring (bicyclic) bond motifs is 2. The number of aryl methyl sites for hydroxylation is 1. The molecule has 1 atom stereocenters. The van der Waals surface area contributed by atoms with E-state index < -0.39 is 0 Å². The molecule has 3 aromatic rings. The van der Waals surface area contributed by atoms with Gasteiger partial charge in [-0.2, -0.15) is 10.2 Å². The first-order chi connectivity index (χ1) is 9.83. The number of hydrogen-bond acceptors (Lipinski definition) is 3. The molecule has 102 valence electrons. The molecule has 2 N–H and O–H groups in total. The van der Waals surface area contributed by atoms with Crippen molar-refractivity contribution in [2.24, 2.45) is 7.05 Å². The zero-order chi connectivity index (χ0) is 13.5. The van der Waals surface area contributed by atoms with Crippen LogP contribution in [0.5, 0.6) is 0 Å². The van der Waals surface area contributed by atoms with Crippen LogP contribution in [-0.2, 0) is 13.5 Å². The summed E-state index contributed by atoms with van der Waals surface area (Å²) in [6.45, 7) is 0. The van der Waals surface area contributed by atoms with Crippen LogP contribution in [0.3, 0.4) is 0 Å². The monoisotopic (exact) mass is 267 g/mol. The Morgan fingerprint density at radius 1 is 1.35 bits per heavy atom. The lowest BCUT2D eigenvalue weighted by molar-refractivity contribution is 0.572. The first-order valence-electron chi connectivity index (χ1n) is 7.02. The van der Waals surface area contributed by atoms with Crippen molar-refractivity contribution >= 4 is 16.6 Å². The van der Waals surface area contributed by atoms with Crippen molar-refractivity contribution in [2.45, 2.75) is 25.3 Å². The van der Waals surface area contributed by atoms with Gasteiger partial charge in [0.05, 0.1) is 24.0 Å². The smallest absolute Gasteiger partial charge is 0.0671 e. The Hall–Kier alpha value is -2.30. The average Bonchev–Trinajstić information content (AvgIpc) is 3.08. The van der Waals surface area contributed by atoms with Gasteiger partial charge in [0.15, 0.2) is 0 Å². The van der Waals surface area contributed by atoms with E-state index in [9.17, 15) is 0 Å². The summed E-state index contributed by atoms with van der Waals surface area (Å²) in [6, 6.07) is 6.55. The first-order valence-corrected chi connectivity index (χ1v) is 7.02. The Kier molecular flexibility index (Phi) is 2.52. The summed E-state index contributed by atoms with van der Waals surface area (Å²) < 4.78 is 2.00. The summed E-state index contributed by atoms with van der Waals surface area (Å²) >= 11 is 0. The van der Waals surface area contributed by atoms with E-state index in [1.165, 1.54) is 17.7 Å². The number of anilines is 1. The van der Waals surface area contributed by atoms with Gasteiger partial charge in [-0.3, -0.25) is 9.78 Å². The van der Waals surface area contributed by atoms with Crippen LogP contribution in [0, 0.1) is 0 Å². The number of hydrogen-bond donors (Lipinski definition) is 2. The number of rotatable bonds is 2. The van der Waals surface area contributed by atoms with Crippen molar-refractivity contribution in [3.05, 3.63) is 41.9 Å². The van der Waals surface area contributed by atoms with Gasteiger partial charge in [-0.05, 0) is 31.4 Å². The molecule has 2 heterocycles. The Bertz CT molecular complexity index is 755. The zero-order valence-corrected chi connectivity index (χ0v) is 11.4. The molecule has 0 fully saturated rings. The number of benzene rings is 1. The molecular weight excluding hydrogens is 250 g/mol. The van der Waals surface area contributed by atoms with Gasteiger partial charge in [-0.15, -0.1) is 0 Å². The number of nitrogens with zero attached hydrogens (tertiary/aromatic N) is 3. The van der Waals surface area contributed by atoms with E-state index in [-0.39, 0.29) is 0 Å². The fraction of sp³-hybridized carbons (Fsp3) is 0.333. The molecule has 0 bridgehead atoms. The highest BCUT2D eigenvalue weighted by molar-refractivity contribution is 5.91. The standard InChI is InChI=1S/C15H17N5/c1-20-15-7-3-5-13(11(15)9-17-20)18-12-4-2-6-14-10(12)8-16-19-14/h2,4,6,8-9,13,18H,3,5,7H2,1H3,(H,16,19). The predicted molar refractivity (Wildman–Crippen MR) is 78.6 cm³/mol. The van der Waals surface area contributed by atoms with E-state index in [1.807, 2.05) is 30.2 Å². The Balaban J connectivity index is 1.72. The van der Waals surface area contributed by atoms with Crippen molar-refractivity contribution in [3.63, 3.8) is 0 Å². The molecule has 0 saturated heterocycles. The second-order valence-electron chi connectivity index (χ2n) is 5.40. The largest absolute Gasteiger partial charge is 0.378 e. The summed E-state index contributed by atoms with van der Waals surface area (Å²) in [4.78, 5) is 0. The van der Waals surface area contributed by atoms with Gasteiger partial charge in [0.25, 0.3) is 0 Å². The first kappa shape index (κ1) is 11.5. The molecular formula is C15H17N5. The van der Waals surface area contributed by atoms with E-state index in [1.54, 1.807) is 0 Å². The lowest BCUT2D eigenvalue weighted by atomic mass is 9.92. The maximum Gasteiger partial charge on any atom is 0.0671 e. The summed E-state index contributed by atoms with van der Waals surface area (Å²) in [5.41, 5.74) is 4.89. The Morgan fingerprint density at radius 2 is 2.30 bits per heavy atom.